The first-order valence-electron chi connectivity index (χ1n) is 4.01. The molecule has 4 heteroatoms. The van der Waals surface area contributed by atoms with Crippen molar-refractivity contribution in [1.82, 2.24) is 4.57 Å². The van der Waals surface area contributed by atoms with Crippen LogP contribution >= 0.6 is 0 Å². The minimum atomic E-state index is -0.785. The van der Waals surface area contributed by atoms with Crippen molar-refractivity contribution in [1.29, 1.82) is 0 Å². The summed E-state index contributed by atoms with van der Waals surface area (Å²) >= 11 is 0. The highest BCUT2D eigenvalue weighted by molar-refractivity contribution is 5.69. The van der Waals surface area contributed by atoms with Crippen LogP contribution in [0.4, 0.5) is 0 Å². The lowest BCUT2D eigenvalue weighted by molar-refractivity contribution is -0.143. The van der Waals surface area contributed by atoms with E-state index in [1.54, 1.807) is 10.6 Å². The average molecular weight is 183 g/mol. The summed E-state index contributed by atoms with van der Waals surface area (Å²) in [5, 5.41) is 9.57. The Morgan fingerprint density at radius 3 is 2.92 bits per heavy atom. The highest BCUT2D eigenvalue weighted by Crippen LogP contribution is 2.16. The van der Waals surface area contributed by atoms with Crippen LogP contribution in [0.15, 0.2) is 18.3 Å². The molecular weight excluding hydrogens is 170 g/mol. The molecule has 0 aliphatic heterocycles. The summed E-state index contributed by atoms with van der Waals surface area (Å²) in [6.45, 7) is 0. The molecule has 0 aliphatic carbocycles. The first kappa shape index (κ1) is 9.80. The van der Waals surface area contributed by atoms with Crippen LogP contribution in [-0.2, 0) is 16.6 Å². The molecule has 0 amide bonds. The fourth-order valence-electron chi connectivity index (χ4n) is 1.17. The number of hydrogen-bond acceptors (Lipinski definition) is 3. The van der Waals surface area contributed by atoms with Gasteiger partial charge in [0.1, 0.15) is 6.10 Å². The Morgan fingerprint density at radius 1 is 1.77 bits per heavy atom. The third-order valence-electron chi connectivity index (χ3n) is 1.91. The van der Waals surface area contributed by atoms with Crippen LogP contribution in [-0.4, -0.2) is 22.8 Å². The Hall–Kier alpha value is -1.29. The molecule has 0 aliphatic rings. The van der Waals surface area contributed by atoms with Gasteiger partial charge in [0.05, 0.1) is 13.5 Å². The van der Waals surface area contributed by atoms with Crippen LogP contribution in [0.25, 0.3) is 0 Å². The Kier molecular flexibility index (Phi) is 3.08. The van der Waals surface area contributed by atoms with Crippen LogP contribution in [0.2, 0.25) is 0 Å². The van der Waals surface area contributed by atoms with Crippen molar-refractivity contribution in [3.05, 3.63) is 24.0 Å². The number of aromatic nitrogens is 1. The number of aliphatic hydroxyl groups excluding tert-OH is 1. The molecule has 1 atom stereocenters. The highest BCUT2D eigenvalue weighted by atomic mass is 16.5. The largest absolute Gasteiger partial charge is 0.469 e. The number of ether oxygens (including phenoxy) is 1. The topological polar surface area (TPSA) is 51.5 Å². The van der Waals surface area contributed by atoms with Crippen molar-refractivity contribution in [2.24, 2.45) is 7.05 Å². The zero-order valence-electron chi connectivity index (χ0n) is 7.73. The molecule has 0 radical (unpaired) electrons. The SMILES string of the molecule is COC(=O)C[C@@H](O)c1cccn1C. The Bertz CT molecular complexity index is 293. The van der Waals surface area contributed by atoms with E-state index >= 15 is 0 Å². The van der Waals surface area contributed by atoms with E-state index in [9.17, 15) is 9.90 Å². The van der Waals surface area contributed by atoms with E-state index in [0.717, 1.165) is 0 Å². The van der Waals surface area contributed by atoms with E-state index in [2.05, 4.69) is 4.74 Å². The summed E-state index contributed by atoms with van der Waals surface area (Å²) in [5.41, 5.74) is 0.713. The molecule has 0 fully saturated rings. The van der Waals surface area contributed by atoms with Crippen molar-refractivity contribution in [3.8, 4) is 0 Å². The smallest absolute Gasteiger partial charge is 0.308 e. The van der Waals surface area contributed by atoms with Gasteiger partial charge < -0.3 is 14.4 Å². The van der Waals surface area contributed by atoms with Crippen molar-refractivity contribution >= 4 is 5.97 Å². The lowest BCUT2D eigenvalue weighted by atomic mass is 10.2. The van der Waals surface area contributed by atoms with Gasteiger partial charge in [-0.25, -0.2) is 0 Å². The molecule has 4 nitrogen and oxygen atoms in total. The van der Waals surface area contributed by atoms with E-state index in [4.69, 9.17) is 0 Å². The standard InChI is InChI=1S/C9H13NO3/c1-10-5-3-4-7(10)8(11)6-9(12)13-2/h3-5,8,11H,6H2,1-2H3/t8-/m1/s1. The predicted octanol–water partition coefficient (Wildman–Crippen LogP) is 0.622. The molecule has 72 valence electrons. The minimum absolute atomic E-state index is 0.00560. The molecule has 0 spiro atoms. The molecule has 1 heterocycles. The second-order valence-electron chi connectivity index (χ2n) is 2.84. The fraction of sp³-hybridized carbons (Fsp3) is 0.444. The number of esters is 1. The highest BCUT2D eigenvalue weighted by Gasteiger charge is 2.14. The van der Waals surface area contributed by atoms with Gasteiger partial charge in [-0.3, -0.25) is 4.79 Å². The molecule has 1 rings (SSSR count). The quantitative estimate of drug-likeness (QED) is 0.699. The van der Waals surface area contributed by atoms with Crippen molar-refractivity contribution in [2.75, 3.05) is 7.11 Å². The van der Waals surface area contributed by atoms with Crippen LogP contribution in [0, 0.1) is 0 Å². The summed E-state index contributed by atoms with van der Waals surface area (Å²) < 4.78 is 6.22. The molecule has 0 unspecified atom stereocenters. The molecule has 0 saturated heterocycles. The zero-order chi connectivity index (χ0) is 9.84. The second-order valence-corrected chi connectivity index (χ2v) is 2.84. The molecule has 0 aromatic carbocycles. The number of aliphatic hydroxyl groups is 1. The zero-order valence-corrected chi connectivity index (χ0v) is 7.73. The van der Waals surface area contributed by atoms with E-state index in [1.165, 1.54) is 7.11 Å². The summed E-state index contributed by atoms with van der Waals surface area (Å²) in [7, 11) is 3.12. The van der Waals surface area contributed by atoms with Gasteiger partial charge in [-0.2, -0.15) is 0 Å². The number of nitrogens with zero attached hydrogens (tertiary/aromatic N) is 1. The van der Waals surface area contributed by atoms with Gasteiger partial charge in [0.15, 0.2) is 0 Å². The van der Waals surface area contributed by atoms with Gasteiger partial charge >= 0.3 is 5.97 Å². The number of carbonyl (C=O) groups excluding carboxylic acids is 1. The normalized spacial score (nSPS) is 12.5. The van der Waals surface area contributed by atoms with Gasteiger partial charge in [-0.15, -0.1) is 0 Å². The monoisotopic (exact) mass is 183 g/mol. The lowest BCUT2D eigenvalue weighted by Crippen LogP contribution is -2.10. The Morgan fingerprint density at radius 2 is 2.46 bits per heavy atom. The fourth-order valence-corrected chi connectivity index (χ4v) is 1.17. The minimum Gasteiger partial charge on any atom is -0.469 e. The maximum absolute atomic E-state index is 10.8. The molecule has 1 N–H and O–H groups in total. The van der Waals surface area contributed by atoms with Gasteiger partial charge in [0.25, 0.3) is 0 Å². The molecule has 1 aromatic rings. The van der Waals surface area contributed by atoms with E-state index < -0.39 is 12.1 Å². The lowest BCUT2D eigenvalue weighted by Gasteiger charge is -2.09. The van der Waals surface area contributed by atoms with Crippen molar-refractivity contribution < 1.29 is 14.6 Å². The number of rotatable bonds is 3. The number of methoxy groups -OCH3 is 1. The summed E-state index contributed by atoms with van der Waals surface area (Å²) in [4.78, 5) is 10.8. The first-order valence-corrected chi connectivity index (χ1v) is 4.01. The third kappa shape index (κ3) is 2.32. The van der Waals surface area contributed by atoms with E-state index in [-0.39, 0.29) is 6.42 Å². The number of carbonyl (C=O) groups is 1. The predicted molar refractivity (Wildman–Crippen MR) is 47.0 cm³/mol. The van der Waals surface area contributed by atoms with Crippen LogP contribution < -0.4 is 0 Å². The van der Waals surface area contributed by atoms with Gasteiger partial charge in [-0.05, 0) is 12.1 Å². The summed E-state index contributed by atoms with van der Waals surface area (Å²) in [5.74, 6) is -0.409. The molecular formula is C9H13NO3. The van der Waals surface area contributed by atoms with Crippen molar-refractivity contribution in [3.63, 3.8) is 0 Å². The van der Waals surface area contributed by atoms with Gasteiger partial charge in [0, 0.05) is 18.9 Å². The van der Waals surface area contributed by atoms with Crippen LogP contribution in [0.5, 0.6) is 0 Å². The van der Waals surface area contributed by atoms with E-state index in [0.29, 0.717) is 5.69 Å². The molecule has 13 heavy (non-hydrogen) atoms. The van der Waals surface area contributed by atoms with Crippen LogP contribution in [0.1, 0.15) is 18.2 Å². The molecule has 0 saturated carbocycles. The maximum atomic E-state index is 10.8. The summed E-state index contributed by atoms with van der Waals surface area (Å²) in [6.07, 6.45) is 1.02. The Labute approximate surface area is 76.7 Å². The second kappa shape index (κ2) is 4.09. The molecule has 1 aromatic heterocycles. The summed E-state index contributed by atoms with van der Waals surface area (Å²) in [6, 6.07) is 3.59. The number of hydrogen-bond donors (Lipinski definition) is 1. The van der Waals surface area contributed by atoms with Gasteiger partial charge in [-0.1, -0.05) is 0 Å². The van der Waals surface area contributed by atoms with Gasteiger partial charge in [0.2, 0.25) is 0 Å². The van der Waals surface area contributed by atoms with E-state index in [1.807, 2.05) is 19.3 Å². The van der Waals surface area contributed by atoms with Crippen molar-refractivity contribution in [2.45, 2.75) is 12.5 Å². The maximum Gasteiger partial charge on any atom is 0.308 e. The third-order valence-corrected chi connectivity index (χ3v) is 1.91. The number of aryl methyl sites for hydroxylation is 1. The first-order chi connectivity index (χ1) is 6.15. The van der Waals surface area contributed by atoms with Crippen LogP contribution in [0.3, 0.4) is 0 Å². The molecule has 0 bridgehead atoms. The average Bonchev–Trinajstić information content (AvgIpc) is 2.51. The Balaban J connectivity index is 2.63.